The Morgan fingerprint density at radius 2 is 1.52 bits per heavy atom. The maximum absolute atomic E-state index is 12.9. The number of imide groups is 2. The lowest BCUT2D eigenvalue weighted by Gasteiger charge is -2.28. The second-order valence-electron chi connectivity index (χ2n) is 11.5. The summed E-state index contributed by atoms with van der Waals surface area (Å²) in [5, 5.41) is 11.2. The number of carbonyl (C=O) groups is 3. The van der Waals surface area contributed by atoms with Gasteiger partial charge in [0.1, 0.15) is 11.4 Å². The second kappa shape index (κ2) is 8.82. The molecule has 1 aromatic carbocycles. The van der Waals surface area contributed by atoms with E-state index in [1.807, 2.05) is 53.7 Å². The van der Waals surface area contributed by atoms with Crippen molar-refractivity contribution in [1.29, 1.82) is 0 Å². The number of nitrogens with two attached hydrogens (primary N) is 1. The summed E-state index contributed by atoms with van der Waals surface area (Å²) in [6.07, 6.45) is 1.03. The lowest BCUT2D eigenvalue weighted by atomic mass is 9.78. The normalized spacial score (nSPS) is 16.4. The van der Waals surface area contributed by atoms with Gasteiger partial charge >= 0.3 is 12.1 Å². The summed E-state index contributed by atoms with van der Waals surface area (Å²) >= 11 is 0. The molecule has 1 saturated heterocycles. The molecular formula is C25H37N3O5. The van der Waals surface area contributed by atoms with Crippen molar-refractivity contribution in [2.45, 2.75) is 85.2 Å². The molecule has 4 amide bonds. The largest absolute Gasteiger partial charge is 0.507 e. The van der Waals surface area contributed by atoms with Crippen molar-refractivity contribution >= 4 is 24.1 Å². The van der Waals surface area contributed by atoms with Crippen LogP contribution in [-0.4, -0.2) is 45.2 Å². The van der Waals surface area contributed by atoms with Gasteiger partial charge in [0.2, 0.25) is 0 Å². The van der Waals surface area contributed by atoms with Gasteiger partial charge < -0.3 is 9.84 Å². The molecule has 1 aromatic rings. The summed E-state index contributed by atoms with van der Waals surface area (Å²) in [5.74, 6) is 5.37. The van der Waals surface area contributed by atoms with Crippen LogP contribution < -0.4 is 5.84 Å². The van der Waals surface area contributed by atoms with Crippen LogP contribution >= 0.6 is 0 Å². The first-order valence-electron chi connectivity index (χ1n) is 11.0. The molecule has 33 heavy (non-hydrogen) atoms. The van der Waals surface area contributed by atoms with Crippen LogP contribution in [0.15, 0.2) is 17.7 Å². The summed E-state index contributed by atoms with van der Waals surface area (Å²) in [5.41, 5.74) is 1.28. The van der Waals surface area contributed by atoms with Gasteiger partial charge in [-0.05, 0) is 61.8 Å². The molecule has 0 bridgehead atoms. The van der Waals surface area contributed by atoms with E-state index >= 15 is 0 Å². The lowest BCUT2D eigenvalue weighted by Crippen LogP contribution is -2.52. The predicted octanol–water partition coefficient (Wildman–Crippen LogP) is 4.83. The van der Waals surface area contributed by atoms with Gasteiger partial charge in [-0.25, -0.2) is 15.4 Å². The quantitative estimate of drug-likeness (QED) is 0.269. The number of urea groups is 1. The number of aromatic hydroxyl groups is 1. The third kappa shape index (κ3) is 6.13. The van der Waals surface area contributed by atoms with Crippen molar-refractivity contribution in [3.63, 3.8) is 0 Å². The maximum atomic E-state index is 12.9. The van der Waals surface area contributed by atoms with Crippen molar-refractivity contribution in [3.8, 4) is 5.75 Å². The predicted molar refractivity (Wildman–Crippen MR) is 127 cm³/mol. The summed E-state index contributed by atoms with van der Waals surface area (Å²) in [4.78, 5) is 38.6. The molecule has 0 spiro atoms. The van der Waals surface area contributed by atoms with E-state index < -0.39 is 23.6 Å². The molecule has 1 fully saturated rings. The highest BCUT2D eigenvalue weighted by Crippen LogP contribution is 2.40. The Bertz CT molecular complexity index is 956. The zero-order valence-electron chi connectivity index (χ0n) is 21.2. The average molecular weight is 460 g/mol. The maximum Gasteiger partial charge on any atom is 0.433 e. The summed E-state index contributed by atoms with van der Waals surface area (Å²) in [6, 6.07) is 2.80. The Hall–Kier alpha value is -2.87. The Morgan fingerprint density at radius 3 is 1.94 bits per heavy atom. The van der Waals surface area contributed by atoms with Crippen LogP contribution in [-0.2, 0) is 20.4 Å². The number of phenolic OH excluding ortho intramolecular Hbond substituents is 1. The first kappa shape index (κ1) is 26.4. The van der Waals surface area contributed by atoms with Crippen LogP contribution in [0.5, 0.6) is 5.75 Å². The van der Waals surface area contributed by atoms with E-state index in [1.54, 1.807) is 26.8 Å². The van der Waals surface area contributed by atoms with Gasteiger partial charge in [0.05, 0.1) is 0 Å². The van der Waals surface area contributed by atoms with E-state index in [-0.39, 0.29) is 23.1 Å². The van der Waals surface area contributed by atoms with Gasteiger partial charge in [-0.2, -0.15) is 5.01 Å². The van der Waals surface area contributed by atoms with Crippen LogP contribution in [0.1, 0.15) is 85.4 Å². The molecular weight excluding hydrogens is 422 g/mol. The summed E-state index contributed by atoms with van der Waals surface area (Å²) in [7, 11) is 0. The third-order valence-electron chi connectivity index (χ3n) is 5.24. The van der Waals surface area contributed by atoms with E-state index in [1.165, 1.54) is 0 Å². The lowest BCUT2D eigenvalue weighted by molar-refractivity contribution is -0.122. The highest BCUT2D eigenvalue weighted by molar-refractivity contribution is 6.10. The average Bonchev–Trinajstić information content (AvgIpc) is 2.98. The highest BCUT2D eigenvalue weighted by Gasteiger charge is 2.37. The zero-order chi connectivity index (χ0) is 25.5. The zero-order valence-corrected chi connectivity index (χ0v) is 21.2. The van der Waals surface area contributed by atoms with E-state index in [9.17, 15) is 19.5 Å². The minimum Gasteiger partial charge on any atom is -0.507 e. The van der Waals surface area contributed by atoms with Gasteiger partial charge in [0, 0.05) is 23.2 Å². The fourth-order valence-electron chi connectivity index (χ4n) is 3.53. The van der Waals surface area contributed by atoms with Crippen LogP contribution in [0.2, 0.25) is 0 Å². The fraction of sp³-hybridized carbons (Fsp3) is 0.560. The molecule has 1 aliphatic rings. The molecule has 0 radical (unpaired) electrons. The molecule has 1 heterocycles. The first-order valence-corrected chi connectivity index (χ1v) is 11.0. The van der Waals surface area contributed by atoms with E-state index in [2.05, 4.69) is 0 Å². The number of hydrazine groups is 1. The molecule has 0 saturated carbocycles. The Morgan fingerprint density at radius 1 is 1.03 bits per heavy atom. The summed E-state index contributed by atoms with van der Waals surface area (Å²) < 4.78 is 5.10. The minimum absolute atomic E-state index is 0.107. The SMILES string of the molecule is CC(C)(C)OC(=O)N(N)C(=O)N1CCC(=Cc2cc(C(C)(C)C)c(O)c(C(C)(C)C)c2)C1=O. The number of carbonyl (C=O) groups excluding carboxylic acids is 3. The van der Waals surface area contributed by atoms with Gasteiger partial charge in [-0.3, -0.25) is 9.69 Å². The van der Waals surface area contributed by atoms with Gasteiger partial charge in [0.25, 0.3) is 5.91 Å². The number of ether oxygens (including phenoxy) is 1. The van der Waals surface area contributed by atoms with Crippen LogP contribution in [0.3, 0.4) is 0 Å². The molecule has 0 atom stereocenters. The molecule has 1 aliphatic heterocycles. The molecule has 182 valence electrons. The van der Waals surface area contributed by atoms with Gasteiger partial charge in [-0.15, -0.1) is 0 Å². The standard InChI is InChI=1S/C25H37N3O5/c1-23(2,3)17-13-15(14-18(19(17)29)24(4,5)6)12-16-10-11-27(20(16)30)21(31)28(26)22(32)33-25(7,8)9/h12-14,29H,10-11,26H2,1-9H3. The third-order valence-corrected chi connectivity index (χ3v) is 5.24. The van der Waals surface area contributed by atoms with Crippen molar-refractivity contribution in [3.05, 3.63) is 34.4 Å². The molecule has 8 heteroatoms. The van der Waals surface area contributed by atoms with Crippen molar-refractivity contribution in [1.82, 2.24) is 9.91 Å². The summed E-state index contributed by atoms with van der Waals surface area (Å²) in [6.45, 7) is 17.1. The number of hydrogen-bond acceptors (Lipinski definition) is 6. The van der Waals surface area contributed by atoms with Gasteiger partial charge in [-0.1, -0.05) is 41.5 Å². The number of likely N-dealkylation sites (tertiary alicyclic amines) is 1. The molecule has 0 unspecified atom stereocenters. The second-order valence-corrected chi connectivity index (χ2v) is 11.5. The fourth-order valence-corrected chi connectivity index (χ4v) is 3.53. The van der Waals surface area contributed by atoms with E-state index in [0.717, 1.165) is 21.6 Å². The number of hydrogen-bond donors (Lipinski definition) is 2. The number of benzene rings is 1. The topological polar surface area (TPSA) is 113 Å². The van der Waals surface area contributed by atoms with Crippen molar-refractivity contribution in [2.75, 3.05) is 6.54 Å². The number of phenols is 1. The molecule has 0 aliphatic carbocycles. The van der Waals surface area contributed by atoms with Gasteiger partial charge in [0.15, 0.2) is 0 Å². The highest BCUT2D eigenvalue weighted by atomic mass is 16.6. The number of amides is 4. The first-order chi connectivity index (χ1) is 14.8. The van der Waals surface area contributed by atoms with Crippen LogP contribution in [0.25, 0.3) is 6.08 Å². The molecule has 8 nitrogen and oxygen atoms in total. The van der Waals surface area contributed by atoms with Crippen LogP contribution in [0, 0.1) is 0 Å². The monoisotopic (exact) mass is 459 g/mol. The molecule has 0 aromatic heterocycles. The van der Waals surface area contributed by atoms with E-state index in [0.29, 0.717) is 17.0 Å². The number of rotatable bonds is 1. The Kier molecular flexibility index (Phi) is 7.05. The Balaban J connectivity index is 2.37. The molecule has 2 rings (SSSR count). The molecule has 3 N–H and O–H groups in total. The smallest absolute Gasteiger partial charge is 0.433 e. The minimum atomic E-state index is -1.03. The van der Waals surface area contributed by atoms with Crippen LogP contribution in [0.4, 0.5) is 9.59 Å². The number of nitrogens with zero attached hydrogens (tertiary/aromatic N) is 2. The Labute approximate surface area is 196 Å². The van der Waals surface area contributed by atoms with Crippen molar-refractivity contribution < 1.29 is 24.2 Å². The van der Waals surface area contributed by atoms with Crippen molar-refractivity contribution in [2.24, 2.45) is 5.84 Å². The van der Waals surface area contributed by atoms with E-state index in [4.69, 9.17) is 10.6 Å².